The van der Waals surface area contributed by atoms with Gasteiger partial charge in [-0.15, -0.1) is 12.4 Å². The molecule has 25 heavy (non-hydrogen) atoms. The van der Waals surface area contributed by atoms with Crippen molar-refractivity contribution in [3.63, 3.8) is 0 Å². The largest absolute Gasteiger partial charge is 0.315 e. The van der Waals surface area contributed by atoms with E-state index in [2.05, 4.69) is 10.2 Å². The van der Waals surface area contributed by atoms with E-state index in [9.17, 15) is 18.5 Å². The number of piperazine rings is 1. The maximum atomic E-state index is 12.9. The van der Waals surface area contributed by atoms with E-state index in [0.717, 1.165) is 25.6 Å². The first-order valence-electron chi connectivity index (χ1n) is 8.09. The number of rotatable bonds is 4. The molecule has 3 rings (SSSR count). The van der Waals surface area contributed by atoms with Gasteiger partial charge in [0.15, 0.2) is 0 Å². The average Bonchev–Trinajstić information content (AvgIpc) is 3.09. The molecule has 2 aliphatic heterocycles. The minimum atomic E-state index is -3.71. The number of nitrogens with one attached hydrogen (secondary N) is 1. The molecular weight excluding hydrogens is 368 g/mol. The molecule has 2 saturated heterocycles. The van der Waals surface area contributed by atoms with Crippen molar-refractivity contribution in [1.29, 1.82) is 0 Å². The highest BCUT2D eigenvalue weighted by molar-refractivity contribution is 7.89. The third-order valence-electron chi connectivity index (χ3n) is 4.82. The Morgan fingerprint density at radius 3 is 2.48 bits per heavy atom. The fourth-order valence-corrected chi connectivity index (χ4v) is 5.05. The minimum Gasteiger partial charge on any atom is -0.315 e. The van der Waals surface area contributed by atoms with Crippen LogP contribution in [-0.4, -0.2) is 67.9 Å². The topological polar surface area (TPSA) is 95.8 Å². The van der Waals surface area contributed by atoms with Gasteiger partial charge in [0.05, 0.1) is 9.82 Å². The Balaban J connectivity index is 0.00000225. The lowest BCUT2D eigenvalue weighted by atomic mass is 10.2. The van der Waals surface area contributed by atoms with E-state index in [-0.39, 0.29) is 23.0 Å². The maximum absolute atomic E-state index is 12.9. The summed E-state index contributed by atoms with van der Waals surface area (Å²) in [6.45, 7) is 5.85. The standard InChI is InChI=1S/C15H22N4O4S.ClH/c1-12-2-3-13(19(20)21)10-15(12)24(22,23)18-8-6-17(7-9-18)14-4-5-16-11-14;/h2-3,10,14,16H,4-9,11H2,1H3;1H. The van der Waals surface area contributed by atoms with Crippen molar-refractivity contribution in [3.8, 4) is 0 Å². The summed E-state index contributed by atoms with van der Waals surface area (Å²) in [7, 11) is -3.71. The van der Waals surface area contributed by atoms with Gasteiger partial charge in [0.2, 0.25) is 10.0 Å². The van der Waals surface area contributed by atoms with Crippen molar-refractivity contribution < 1.29 is 13.3 Å². The first-order chi connectivity index (χ1) is 11.4. The molecule has 1 aromatic rings. The smallest absolute Gasteiger partial charge is 0.270 e. The number of hydrogen-bond donors (Lipinski definition) is 1. The Kier molecular flexibility index (Phi) is 6.39. The van der Waals surface area contributed by atoms with Crippen LogP contribution < -0.4 is 5.32 Å². The highest BCUT2D eigenvalue weighted by atomic mass is 35.5. The number of hydrogen-bond acceptors (Lipinski definition) is 6. The molecule has 0 bridgehead atoms. The number of nitrogens with zero attached hydrogens (tertiary/aromatic N) is 3. The molecule has 0 spiro atoms. The second kappa shape index (κ2) is 7.96. The Labute approximate surface area is 153 Å². The van der Waals surface area contributed by atoms with Gasteiger partial charge in [0, 0.05) is 50.9 Å². The summed E-state index contributed by atoms with van der Waals surface area (Å²) in [5, 5.41) is 14.3. The zero-order valence-electron chi connectivity index (χ0n) is 14.1. The van der Waals surface area contributed by atoms with E-state index in [0.29, 0.717) is 37.8 Å². The van der Waals surface area contributed by atoms with Crippen LogP contribution in [0.1, 0.15) is 12.0 Å². The normalized spacial score (nSPS) is 22.5. The molecule has 0 radical (unpaired) electrons. The predicted octanol–water partition coefficient (Wildman–Crippen LogP) is 0.993. The third kappa shape index (κ3) is 4.12. The summed E-state index contributed by atoms with van der Waals surface area (Å²) in [6.07, 6.45) is 1.09. The van der Waals surface area contributed by atoms with Gasteiger partial charge in [-0.25, -0.2) is 8.42 Å². The van der Waals surface area contributed by atoms with E-state index in [1.54, 1.807) is 6.92 Å². The molecule has 0 aliphatic carbocycles. The molecule has 1 aromatic carbocycles. The first-order valence-corrected chi connectivity index (χ1v) is 9.53. The van der Waals surface area contributed by atoms with Gasteiger partial charge in [-0.05, 0) is 25.5 Å². The van der Waals surface area contributed by atoms with Crippen molar-refractivity contribution in [2.45, 2.75) is 24.3 Å². The van der Waals surface area contributed by atoms with Crippen molar-refractivity contribution in [2.24, 2.45) is 0 Å². The van der Waals surface area contributed by atoms with Crippen LogP contribution in [0.15, 0.2) is 23.1 Å². The zero-order chi connectivity index (χ0) is 17.3. The number of nitro groups is 1. The SMILES string of the molecule is Cc1ccc([N+](=O)[O-])cc1S(=O)(=O)N1CCN(C2CCNC2)CC1.Cl. The lowest BCUT2D eigenvalue weighted by Gasteiger charge is -2.37. The number of sulfonamides is 1. The summed E-state index contributed by atoms with van der Waals surface area (Å²) in [6, 6.07) is 4.47. The highest BCUT2D eigenvalue weighted by Gasteiger charge is 2.33. The first kappa shape index (κ1) is 20.1. The number of benzene rings is 1. The molecule has 10 heteroatoms. The molecule has 140 valence electrons. The number of non-ortho nitro benzene ring substituents is 1. The second-order valence-electron chi connectivity index (χ2n) is 6.29. The summed E-state index contributed by atoms with van der Waals surface area (Å²) in [5.41, 5.74) is 0.331. The van der Waals surface area contributed by atoms with E-state index in [4.69, 9.17) is 0 Å². The fraction of sp³-hybridized carbons (Fsp3) is 0.600. The van der Waals surface area contributed by atoms with Crippen molar-refractivity contribution in [2.75, 3.05) is 39.3 Å². The third-order valence-corrected chi connectivity index (χ3v) is 6.86. The molecule has 1 atom stereocenters. The molecule has 2 aliphatic rings. The molecule has 0 amide bonds. The summed E-state index contributed by atoms with van der Waals surface area (Å²) >= 11 is 0. The minimum absolute atomic E-state index is 0. The summed E-state index contributed by atoms with van der Waals surface area (Å²) in [5.74, 6) is 0. The van der Waals surface area contributed by atoms with Gasteiger partial charge in [-0.2, -0.15) is 4.31 Å². The number of nitro benzene ring substituents is 1. The Hall–Kier alpha value is -1.26. The van der Waals surface area contributed by atoms with Gasteiger partial charge >= 0.3 is 0 Å². The summed E-state index contributed by atoms with van der Waals surface area (Å²) < 4.78 is 27.2. The van der Waals surface area contributed by atoms with E-state index < -0.39 is 14.9 Å². The van der Waals surface area contributed by atoms with Crippen LogP contribution >= 0.6 is 12.4 Å². The number of aryl methyl sites for hydroxylation is 1. The van der Waals surface area contributed by atoms with Crippen LogP contribution in [-0.2, 0) is 10.0 Å². The van der Waals surface area contributed by atoms with Crippen LogP contribution in [0.2, 0.25) is 0 Å². The van der Waals surface area contributed by atoms with Crippen LogP contribution in [0.3, 0.4) is 0 Å². The van der Waals surface area contributed by atoms with Gasteiger partial charge in [0.1, 0.15) is 0 Å². The van der Waals surface area contributed by atoms with Crippen molar-refractivity contribution in [1.82, 2.24) is 14.5 Å². The fourth-order valence-electron chi connectivity index (χ4n) is 3.38. The quantitative estimate of drug-likeness (QED) is 0.608. The Morgan fingerprint density at radius 2 is 1.92 bits per heavy atom. The van der Waals surface area contributed by atoms with Crippen LogP contribution in [0, 0.1) is 17.0 Å². The second-order valence-corrected chi connectivity index (χ2v) is 8.20. The highest BCUT2D eigenvalue weighted by Crippen LogP contribution is 2.26. The van der Waals surface area contributed by atoms with E-state index in [1.807, 2.05) is 0 Å². The zero-order valence-corrected chi connectivity index (χ0v) is 15.7. The molecule has 8 nitrogen and oxygen atoms in total. The van der Waals surface area contributed by atoms with Crippen LogP contribution in [0.4, 0.5) is 5.69 Å². The molecular formula is C15H23ClN4O4S. The molecule has 2 fully saturated rings. The lowest BCUT2D eigenvalue weighted by molar-refractivity contribution is -0.385. The van der Waals surface area contributed by atoms with E-state index in [1.165, 1.54) is 16.4 Å². The van der Waals surface area contributed by atoms with Gasteiger partial charge in [-0.1, -0.05) is 6.07 Å². The lowest BCUT2D eigenvalue weighted by Crippen LogP contribution is -2.52. The molecule has 0 saturated carbocycles. The summed E-state index contributed by atoms with van der Waals surface area (Å²) in [4.78, 5) is 12.7. The van der Waals surface area contributed by atoms with Gasteiger partial charge < -0.3 is 5.32 Å². The average molecular weight is 391 g/mol. The molecule has 0 aromatic heterocycles. The van der Waals surface area contributed by atoms with Gasteiger partial charge in [0.25, 0.3) is 5.69 Å². The number of halogens is 1. The molecule has 1 unspecified atom stereocenters. The van der Waals surface area contributed by atoms with E-state index >= 15 is 0 Å². The monoisotopic (exact) mass is 390 g/mol. The van der Waals surface area contributed by atoms with Gasteiger partial charge in [-0.3, -0.25) is 15.0 Å². The van der Waals surface area contributed by atoms with Crippen LogP contribution in [0.25, 0.3) is 0 Å². The van der Waals surface area contributed by atoms with Crippen LogP contribution in [0.5, 0.6) is 0 Å². The molecule has 2 heterocycles. The Bertz CT molecular complexity index is 729. The van der Waals surface area contributed by atoms with Crippen molar-refractivity contribution >= 4 is 28.1 Å². The predicted molar refractivity (Wildman–Crippen MR) is 96.7 cm³/mol. The molecule has 1 N–H and O–H groups in total. The maximum Gasteiger partial charge on any atom is 0.270 e. The van der Waals surface area contributed by atoms with Crippen molar-refractivity contribution in [3.05, 3.63) is 33.9 Å². The Morgan fingerprint density at radius 1 is 1.24 bits per heavy atom.